The maximum absolute atomic E-state index is 12.4. The quantitative estimate of drug-likeness (QED) is 0.453. The molecule has 3 rings (SSSR count). The summed E-state index contributed by atoms with van der Waals surface area (Å²) in [7, 11) is -3.59. The number of aliphatic hydroxyl groups is 1. The van der Waals surface area contributed by atoms with Crippen LogP contribution in [-0.4, -0.2) is 49.7 Å². The molecule has 0 spiro atoms. The Balaban J connectivity index is 1.60. The summed E-state index contributed by atoms with van der Waals surface area (Å²) in [6.45, 7) is 4.08. The van der Waals surface area contributed by atoms with Crippen molar-refractivity contribution in [3.63, 3.8) is 0 Å². The van der Waals surface area contributed by atoms with Crippen LogP contribution in [-0.2, 0) is 23.8 Å². The van der Waals surface area contributed by atoms with Crippen LogP contribution in [0, 0.1) is 11.8 Å². The van der Waals surface area contributed by atoms with Gasteiger partial charge in [-0.25, -0.2) is 0 Å². The summed E-state index contributed by atoms with van der Waals surface area (Å²) in [6.07, 6.45) is -8.33. The minimum atomic E-state index is -4.78. The van der Waals surface area contributed by atoms with Gasteiger partial charge < -0.3 is 14.6 Å². The summed E-state index contributed by atoms with van der Waals surface area (Å²) >= 11 is 0. The van der Waals surface area contributed by atoms with Crippen molar-refractivity contribution in [2.24, 2.45) is 11.8 Å². The summed E-state index contributed by atoms with van der Waals surface area (Å²) in [5.74, 6) is -0.182. The molecular weight excluding hydrogens is 341 g/mol. The van der Waals surface area contributed by atoms with Crippen molar-refractivity contribution in [1.82, 2.24) is 0 Å². The maximum Gasteiger partial charge on any atom is 0.416 e. The van der Waals surface area contributed by atoms with Crippen LogP contribution in [0.2, 0.25) is 0 Å². The first-order valence-electron chi connectivity index (χ1n) is 7.18. The van der Waals surface area contributed by atoms with Gasteiger partial charge in [0.2, 0.25) is 0 Å². The number of aliphatic hydroxyl groups excluding tert-OH is 1. The van der Waals surface area contributed by atoms with E-state index in [0.29, 0.717) is 12.8 Å². The van der Waals surface area contributed by atoms with Crippen molar-refractivity contribution in [3.05, 3.63) is 12.2 Å². The molecule has 0 amide bonds. The lowest BCUT2D eigenvalue weighted by Crippen LogP contribution is -2.39. The second kappa shape index (κ2) is 5.41. The Morgan fingerprint density at radius 3 is 2.65 bits per heavy atom. The van der Waals surface area contributed by atoms with Crippen LogP contribution in [0.15, 0.2) is 12.2 Å². The van der Waals surface area contributed by atoms with E-state index in [9.17, 15) is 26.7 Å². The van der Waals surface area contributed by atoms with Gasteiger partial charge in [0.05, 0.1) is 16.9 Å². The summed E-state index contributed by atoms with van der Waals surface area (Å²) in [6, 6.07) is 0. The topological polar surface area (TPSA) is 82.1 Å². The first-order chi connectivity index (χ1) is 10.5. The molecule has 132 valence electrons. The lowest BCUT2D eigenvalue weighted by molar-refractivity contribution is -0.249. The Bertz CT molecular complexity index is 603. The minimum Gasteiger partial charge on any atom is -0.364 e. The molecule has 7 atom stereocenters. The average Bonchev–Trinajstić information content (AvgIpc) is 3.00. The molecule has 2 bridgehead atoms. The van der Waals surface area contributed by atoms with Gasteiger partial charge in [0.1, 0.15) is 6.10 Å². The maximum atomic E-state index is 12.4. The SMILES string of the molecule is C=C(C(O)OC(C)OC1C2CC3C1OS(=O)(=O)C3C2)C(F)(F)F. The van der Waals surface area contributed by atoms with E-state index in [1.54, 1.807) is 0 Å². The van der Waals surface area contributed by atoms with Gasteiger partial charge in [-0.2, -0.15) is 21.6 Å². The van der Waals surface area contributed by atoms with E-state index < -0.39 is 51.9 Å². The molecule has 1 N–H and O–H groups in total. The molecule has 2 aliphatic carbocycles. The zero-order valence-electron chi connectivity index (χ0n) is 12.2. The van der Waals surface area contributed by atoms with Crippen LogP contribution in [0.3, 0.4) is 0 Å². The summed E-state index contributed by atoms with van der Waals surface area (Å²) in [4.78, 5) is 0. The number of hydrogen-bond acceptors (Lipinski definition) is 6. The molecule has 2 saturated carbocycles. The lowest BCUT2D eigenvalue weighted by Gasteiger charge is -2.29. The van der Waals surface area contributed by atoms with Gasteiger partial charge in [-0.05, 0) is 25.7 Å². The van der Waals surface area contributed by atoms with Gasteiger partial charge in [0, 0.05) is 5.92 Å². The van der Waals surface area contributed by atoms with Gasteiger partial charge in [-0.3, -0.25) is 4.18 Å². The van der Waals surface area contributed by atoms with E-state index in [2.05, 4.69) is 6.58 Å². The Morgan fingerprint density at radius 2 is 2.04 bits per heavy atom. The Labute approximate surface area is 131 Å². The van der Waals surface area contributed by atoms with Crippen molar-refractivity contribution in [2.45, 2.75) is 56.0 Å². The Morgan fingerprint density at radius 1 is 1.39 bits per heavy atom. The van der Waals surface area contributed by atoms with E-state index in [1.165, 1.54) is 6.92 Å². The molecule has 3 aliphatic rings. The lowest BCUT2D eigenvalue weighted by atomic mass is 9.94. The van der Waals surface area contributed by atoms with Crippen LogP contribution in [0.1, 0.15) is 19.8 Å². The predicted octanol–water partition coefficient (Wildman–Crippen LogP) is 1.31. The second-order valence-corrected chi connectivity index (χ2v) is 7.95. The number of fused-ring (bicyclic) bond motifs is 1. The highest BCUT2D eigenvalue weighted by atomic mass is 32.2. The molecule has 3 fully saturated rings. The standard InChI is InChI=1S/C13H17F3O6S/c1-5(13(14,15)16)12(17)21-6(2)20-10-7-3-8-9(4-7)23(18,19)22-11(8)10/h6-12,17H,1,3-4H2,2H3. The smallest absolute Gasteiger partial charge is 0.364 e. The fourth-order valence-electron chi connectivity index (χ4n) is 3.73. The number of hydrogen-bond donors (Lipinski definition) is 1. The van der Waals surface area contributed by atoms with Crippen molar-refractivity contribution in [1.29, 1.82) is 0 Å². The monoisotopic (exact) mass is 358 g/mol. The number of alkyl halides is 3. The van der Waals surface area contributed by atoms with E-state index in [0.717, 1.165) is 0 Å². The van der Waals surface area contributed by atoms with Crippen molar-refractivity contribution in [3.8, 4) is 0 Å². The Hall–Kier alpha value is -0.680. The number of ether oxygens (including phenoxy) is 2. The fraction of sp³-hybridized carbons (Fsp3) is 0.846. The highest BCUT2D eigenvalue weighted by molar-refractivity contribution is 7.87. The van der Waals surface area contributed by atoms with Crippen LogP contribution in [0.25, 0.3) is 0 Å². The zero-order valence-corrected chi connectivity index (χ0v) is 13.0. The van der Waals surface area contributed by atoms with Crippen molar-refractivity contribution < 1.29 is 40.4 Å². The molecule has 1 heterocycles. The van der Waals surface area contributed by atoms with Gasteiger partial charge >= 0.3 is 6.18 Å². The molecular formula is C13H17F3O6S. The van der Waals surface area contributed by atoms with E-state index in [-0.39, 0.29) is 11.8 Å². The highest BCUT2D eigenvalue weighted by Gasteiger charge is 2.64. The van der Waals surface area contributed by atoms with Gasteiger partial charge in [-0.1, -0.05) is 6.58 Å². The summed E-state index contributed by atoms with van der Waals surface area (Å²) < 4.78 is 76.2. The van der Waals surface area contributed by atoms with Gasteiger partial charge in [0.25, 0.3) is 10.1 Å². The first kappa shape index (κ1) is 17.2. The average molecular weight is 358 g/mol. The van der Waals surface area contributed by atoms with Crippen molar-refractivity contribution >= 4 is 10.1 Å². The van der Waals surface area contributed by atoms with Gasteiger partial charge in [-0.15, -0.1) is 0 Å². The van der Waals surface area contributed by atoms with Crippen molar-refractivity contribution in [2.75, 3.05) is 0 Å². The second-order valence-electron chi connectivity index (χ2n) is 6.17. The first-order valence-corrected chi connectivity index (χ1v) is 8.65. The van der Waals surface area contributed by atoms with Crippen LogP contribution >= 0.6 is 0 Å². The third-order valence-electron chi connectivity index (χ3n) is 4.75. The molecule has 23 heavy (non-hydrogen) atoms. The summed E-state index contributed by atoms with van der Waals surface area (Å²) in [5.41, 5.74) is -1.43. The zero-order chi connectivity index (χ0) is 17.2. The van der Waals surface area contributed by atoms with Crippen LogP contribution < -0.4 is 0 Å². The molecule has 7 unspecified atom stereocenters. The molecule has 1 saturated heterocycles. The number of halogens is 3. The van der Waals surface area contributed by atoms with E-state index >= 15 is 0 Å². The highest BCUT2D eigenvalue weighted by Crippen LogP contribution is 2.55. The molecule has 0 aromatic carbocycles. The molecule has 1 aliphatic heterocycles. The molecule has 0 aromatic rings. The third kappa shape index (κ3) is 2.91. The molecule has 6 nitrogen and oxygen atoms in total. The van der Waals surface area contributed by atoms with Crippen LogP contribution in [0.5, 0.6) is 0 Å². The summed E-state index contributed by atoms with van der Waals surface area (Å²) in [5, 5.41) is 8.89. The molecule has 10 heteroatoms. The largest absolute Gasteiger partial charge is 0.416 e. The van der Waals surface area contributed by atoms with E-state index in [1.807, 2.05) is 0 Å². The van der Waals surface area contributed by atoms with Gasteiger partial charge in [0.15, 0.2) is 12.6 Å². The fourth-order valence-corrected chi connectivity index (χ4v) is 5.61. The van der Waals surface area contributed by atoms with Crippen LogP contribution in [0.4, 0.5) is 13.2 Å². The third-order valence-corrected chi connectivity index (χ3v) is 6.52. The molecule has 0 aromatic heterocycles. The Kier molecular flexibility index (Phi) is 4.04. The van der Waals surface area contributed by atoms with E-state index in [4.69, 9.17) is 13.7 Å². The number of rotatable bonds is 5. The minimum absolute atomic E-state index is 0.0405. The predicted molar refractivity (Wildman–Crippen MR) is 70.4 cm³/mol. The molecule has 0 radical (unpaired) electrons. The normalized spacial score (nSPS) is 40.3.